The van der Waals surface area contributed by atoms with Crippen LogP contribution in [0.2, 0.25) is 0 Å². The molecule has 1 aromatic heterocycles. The highest BCUT2D eigenvalue weighted by molar-refractivity contribution is 5.76. The Labute approximate surface area is 147 Å². The van der Waals surface area contributed by atoms with Crippen LogP contribution in [0.15, 0.2) is 36.7 Å². The second-order valence-electron chi connectivity index (χ2n) is 6.42. The van der Waals surface area contributed by atoms with Gasteiger partial charge in [-0.25, -0.2) is 9.37 Å². The summed E-state index contributed by atoms with van der Waals surface area (Å²) in [6.07, 6.45) is 7.01. The maximum Gasteiger partial charge on any atom is 0.222 e. The van der Waals surface area contributed by atoms with Crippen molar-refractivity contribution in [1.82, 2.24) is 14.5 Å². The van der Waals surface area contributed by atoms with Gasteiger partial charge in [-0.2, -0.15) is 0 Å². The lowest BCUT2D eigenvalue weighted by Crippen LogP contribution is -2.40. The average Bonchev–Trinajstić information content (AvgIpc) is 3.06. The summed E-state index contributed by atoms with van der Waals surface area (Å²) in [5.74, 6) is 1.51. The molecule has 6 heteroatoms. The fraction of sp³-hybridized carbons (Fsp3) is 0.474. The first-order chi connectivity index (χ1) is 12.1. The highest BCUT2D eigenvalue weighted by Crippen LogP contribution is 2.23. The van der Waals surface area contributed by atoms with Crippen LogP contribution in [0, 0.1) is 12.7 Å². The Morgan fingerprint density at radius 3 is 2.88 bits per heavy atom. The minimum atomic E-state index is -0.282. The zero-order valence-corrected chi connectivity index (χ0v) is 14.5. The first-order valence-electron chi connectivity index (χ1n) is 8.79. The van der Waals surface area contributed by atoms with Crippen molar-refractivity contribution >= 4 is 5.91 Å². The van der Waals surface area contributed by atoms with Crippen LogP contribution >= 0.6 is 0 Å². The summed E-state index contributed by atoms with van der Waals surface area (Å²) in [6.45, 7) is 4.01. The molecule has 1 aliphatic rings. The number of carbonyl (C=O) groups excluding carboxylic acids is 1. The minimum absolute atomic E-state index is 0.171. The average molecular weight is 345 g/mol. The number of ether oxygens (including phenoxy) is 1. The number of halogens is 1. The van der Waals surface area contributed by atoms with Crippen molar-refractivity contribution in [2.45, 2.75) is 38.6 Å². The largest absolute Gasteiger partial charge is 0.494 e. The zero-order chi connectivity index (χ0) is 17.6. The highest BCUT2D eigenvalue weighted by atomic mass is 19.1. The van der Waals surface area contributed by atoms with Crippen LogP contribution in [-0.2, 0) is 4.79 Å². The third-order valence-corrected chi connectivity index (χ3v) is 4.62. The molecule has 25 heavy (non-hydrogen) atoms. The Morgan fingerprint density at radius 1 is 1.36 bits per heavy atom. The number of rotatable bonds is 6. The van der Waals surface area contributed by atoms with E-state index < -0.39 is 0 Å². The van der Waals surface area contributed by atoms with Crippen LogP contribution in [0.1, 0.15) is 37.5 Å². The molecule has 1 fully saturated rings. The standard InChI is InChI=1S/C19H24FN3O2/c1-15-21-10-12-23(15)17-4-2-11-22(14-17)19(24)5-3-13-25-18-8-6-16(20)7-9-18/h6-10,12,17H,2-5,11,13-14H2,1H3. The number of aromatic nitrogens is 2. The lowest BCUT2D eigenvalue weighted by molar-refractivity contribution is -0.133. The van der Waals surface area contributed by atoms with Crippen LogP contribution in [-0.4, -0.2) is 40.1 Å². The third-order valence-electron chi connectivity index (χ3n) is 4.62. The number of hydrogen-bond donors (Lipinski definition) is 0. The van der Waals surface area contributed by atoms with E-state index in [1.54, 1.807) is 12.1 Å². The predicted octanol–water partition coefficient (Wildman–Crippen LogP) is 3.35. The highest BCUT2D eigenvalue weighted by Gasteiger charge is 2.24. The summed E-state index contributed by atoms with van der Waals surface area (Å²) >= 11 is 0. The van der Waals surface area contributed by atoms with E-state index in [0.29, 0.717) is 31.2 Å². The molecule has 0 bridgehead atoms. The van der Waals surface area contributed by atoms with Gasteiger partial charge in [0.15, 0.2) is 0 Å². The molecule has 0 N–H and O–H groups in total. The fourth-order valence-electron chi connectivity index (χ4n) is 3.28. The van der Waals surface area contributed by atoms with Crippen molar-refractivity contribution in [1.29, 1.82) is 0 Å². The van der Waals surface area contributed by atoms with Gasteiger partial charge in [-0.1, -0.05) is 0 Å². The first-order valence-corrected chi connectivity index (χ1v) is 8.79. The molecule has 1 aliphatic heterocycles. The Kier molecular flexibility index (Phi) is 5.68. The van der Waals surface area contributed by atoms with Gasteiger partial charge in [-0.15, -0.1) is 0 Å². The number of imidazole rings is 1. The monoisotopic (exact) mass is 345 g/mol. The van der Waals surface area contributed by atoms with E-state index in [0.717, 1.165) is 31.8 Å². The smallest absolute Gasteiger partial charge is 0.222 e. The molecule has 2 aromatic rings. The molecule has 1 saturated heterocycles. The molecule has 5 nitrogen and oxygen atoms in total. The summed E-state index contributed by atoms with van der Waals surface area (Å²) in [7, 11) is 0. The molecule has 134 valence electrons. The molecule has 0 spiro atoms. The van der Waals surface area contributed by atoms with E-state index in [1.165, 1.54) is 12.1 Å². The second kappa shape index (κ2) is 8.14. The quantitative estimate of drug-likeness (QED) is 0.754. The van der Waals surface area contributed by atoms with Gasteiger partial charge in [0.2, 0.25) is 5.91 Å². The predicted molar refractivity (Wildman–Crippen MR) is 92.9 cm³/mol. The number of piperidine rings is 1. The number of amides is 1. The van der Waals surface area contributed by atoms with Crippen LogP contribution in [0.5, 0.6) is 5.75 Å². The van der Waals surface area contributed by atoms with E-state index in [4.69, 9.17) is 4.74 Å². The van der Waals surface area contributed by atoms with Gasteiger partial charge in [0.25, 0.3) is 0 Å². The van der Waals surface area contributed by atoms with E-state index in [1.807, 2.05) is 24.2 Å². The Balaban J connectivity index is 1.43. The number of carbonyl (C=O) groups is 1. The first kappa shape index (κ1) is 17.5. The Morgan fingerprint density at radius 2 is 2.16 bits per heavy atom. The molecule has 1 amide bonds. The molecule has 0 radical (unpaired) electrons. The molecule has 1 unspecified atom stereocenters. The number of nitrogens with zero attached hydrogens (tertiary/aromatic N) is 3. The molecule has 1 aromatic carbocycles. The topological polar surface area (TPSA) is 47.4 Å². The summed E-state index contributed by atoms with van der Waals surface area (Å²) in [6, 6.07) is 6.24. The van der Waals surface area contributed by atoms with Gasteiger partial charge in [0, 0.05) is 31.9 Å². The van der Waals surface area contributed by atoms with Crippen LogP contribution in [0.25, 0.3) is 0 Å². The van der Waals surface area contributed by atoms with E-state index in [-0.39, 0.29) is 11.7 Å². The van der Waals surface area contributed by atoms with Crippen molar-refractivity contribution in [2.75, 3.05) is 19.7 Å². The van der Waals surface area contributed by atoms with E-state index in [2.05, 4.69) is 9.55 Å². The Bertz CT molecular complexity index is 699. The van der Waals surface area contributed by atoms with Crippen molar-refractivity contribution < 1.29 is 13.9 Å². The van der Waals surface area contributed by atoms with Gasteiger partial charge in [-0.05, 0) is 50.5 Å². The second-order valence-corrected chi connectivity index (χ2v) is 6.42. The van der Waals surface area contributed by atoms with Crippen LogP contribution in [0.3, 0.4) is 0 Å². The van der Waals surface area contributed by atoms with Crippen molar-refractivity contribution in [2.24, 2.45) is 0 Å². The Hall–Kier alpha value is -2.37. The molecule has 0 saturated carbocycles. The number of aryl methyl sites for hydroxylation is 1. The van der Waals surface area contributed by atoms with Crippen molar-refractivity contribution in [3.8, 4) is 5.75 Å². The fourth-order valence-corrected chi connectivity index (χ4v) is 3.28. The van der Waals surface area contributed by atoms with Crippen molar-refractivity contribution in [3.63, 3.8) is 0 Å². The maximum atomic E-state index is 12.8. The lowest BCUT2D eigenvalue weighted by atomic mass is 10.0. The van der Waals surface area contributed by atoms with E-state index in [9.17, 15) is 9.18 Å². The van der Waals surface area contributed by atoms with Gasteiger partial charge in [-0.3, -0.25) is 4.79 Å². The number of likely N-dealkylation sites (tertiary alicyclic amines) is 1. The molecule has 1 atom stereocenters. The van der Waals surface area contributed by atoms with Gasteiger partial charge in [0.1, 0.15) is 17.4 Å². The minimum Gasteiger partial charge on any atom is -0.494 e. The normalized spacial score (nSPS) is 17.5. The van der Waals surface area contributed by atoms with Gasteiger partial charge >= 0.3 is 0 Å². The lowest BCUT2D eigenvalue weighted by Gasteiger charge is -2.34. The zero-order valence-electron chi connectivity index (χ0n) is 14.5. The summed E-state index contributed by atoms with van der Waals surface area (Å²) in [5.41, 5.74) is 0. The van der Waals surface area contributed by atoms with Gasteiger partial charge in [0.05, 0.1) is 12.6 Å². The van der Waals surface area contributed by atoms with Crippen LogP contribution < -0.4 is 4.74 Å². The maximum absolute atomic E-state index is 12.8. The molecule has 3 rings (SSSR count). The van der Waals surface area contributed by atoms with Crippen LogP contribution in [0.4, 0.5) is 4.39 Å². The SMILES string of the molecule is Cc1nccn1C1CCCN(C(=O)CCCOc2ccc(F)cc2)C1. The number of benzene rings is 1. The number of hydrogen-bond acceptors (Lipinski definition) is 3. The van der Waals surface area contributed by atoms with Gasteiger partial charge < -0.3 is 14.2 Å². The van der Waals surface area contributed by atoms with E-state index >= 15 is 0 Å². The van der Waals surface area contributed by atoms with Crippen molar-refractivity contribution in [3.05, 3.63) is 48.3 Å². The third kappa shape index (κ3) is 4.59. The molecule has 0 aliphatic carbocycles. The molecular weight excluding hydrogens is 321 g/mol. The summed E-state index contributed by atoms with van der Waals surface area (Å²) < 4.78 is 20.5. The molecular formula is C19H24FN3O2. The molecule has 2 heterocycles. The summed E-state index contributed by atoms with van der Waals surface area (Å²) in [4.78, 5) is 18.7. The summed E-state index contributed by atoms with van der Waals surface area (Å²) in [5, 5.41) is 0.